The number of hydrogen-bond acceptors (Lipinski definition) is 4. The summed E-state index contributed by atoms with van der Waals surface area (Å²) in [6.45, 7) is 7.44. The van der Waals surface area contributed by atoms with E-state index in [1.165, 1.54) is 10.5 Å². The summed E-state index contributed by atoms with van der Waals surface area (Å²) >= 11 is 3.71. The molecule has 6 nitrogen and oxygen atoms in total. The summed E-state index contributed by atoms with van der Waals surface area (Å²) in [7, 11) is 0. The predicted molar refractivity (Wildman–Crippen MR) is 141 cm³/mol. The molecule has 2 aromatic rings. The molecule has 1 unspecified atom stereocenters. The number of carbonyl (C=O) groups excluding carboxylic acids is 2. The Bertz CT molecular complexity index is 988. The molecule has 1 atom stereocenters. The summed E-state index contributed by atoms with van der Waals surface area (Å²) < 4.78 is 7.02. The van der Waals surface area contributed by atoms with Gasteiger partial charge in [-0.2, -0.15) is 0 Å². The van der Waals surface area contributed by atoms with Gasteiger partial charge in [0.2, 0.25) is 5.91 Å². The van der Waals surface area contributed by atoms with Gasteiger partial charge in [-0.1, -0.05) is 46.3 Å². The van der Waals surface area contributed by atoms with Gasteiger partial charge in [-0.15, -0.1) is 0 Å². The Labute approximate surface area is 217 Å². The van der Waals surface area contributed by atoms with Crippen molar-refractivity contribution in [2.75, 3.05) is 19.6 Å². The summed E-state index contributed by atoms with van der Waals surface area (Å²) in [5.41, 5.74) is 2.27. The van der Waals surface area contributed by atoms with E-state index in [4.69, 9.17) is 4.74 Å². The molecule has 0 saturated carbocycles. The van der Waals surface area contributed by atoms with Gasteiger partial charge in [0.15, 0.2) is 0 Å². The van der Waals surface area contributed by atoms with Crippen LogP contribution in [-0.4, -0.2) is 53.5 Å². The fourth-order valence-electron chi connectivity index (χ4n) is 4.95. The maximum atomic E-state index is 12.6. The van der Waals surface area contributed by atoms with Crippen molar-refractivity contribution in [1.29, 1.82) is 0 Å². The number of likely N-dealkylation sites (tertiary alicyclic amines) is 1. The Morgan fingerprint density at radius 1 is 1.09 bits per heavy atom. The molecule has 188 valence electrons. The summed E-state index contributed by atoms with van der Waals surface area (Å²) in [6, 6.07) is 15.6. The number of halogens is 1. The number of nitrogens with zero attached hydrogens (tertiary/aromatic N) is 2. The van der Waals surface area contributed by atoms with Crippen LogP contribution in [-0.2, 0) is 17.8 Å². The fraction of sp³-hybridized carbons (Fsp3) is 0.500. The first-order valence-corrected chi connectivity index (χ1v) is 13.5. The molecular weight excluding hydrogens is 506 g/mol. The molecule has 35 heavy (non-hydrogen) atoms. The zero-order valence-corrected chi connectivity index (χ0v) is 22.3. The van der Waals surface area contributed by atoms with Crippen LogP contribution in [0.2, 0.25) is 0 Å². The normalized spacial score (nSPS) is 19.8. The highest BCUT2D eigenvalue weighted by molar-refractivity contribution is 9.10. The van der Waals surface area contributed by atoms with Crippen LogP contribution in [0.5, 0.6) is 5.75 Å². The van der Waals surface area contributed by atoms with Gasteiger partial charge < -0.3 is 15.0 Å². The average Bonchev–Trinajstić information content (AvgIpc) is 2.83. The van der Waals surface area contributed by atoms with E-state index in [9.17, 15) is 9.59 Å². The van der Waals surface area contributed by atoms with Gasteiger partial charge in [0.25, 0.3) is 0 Å². The first-order valence-electron chi connectivity index (χ1n) is 12.7. The summed E-state index contributed by atoms with van der Waals surface area (Å²) in [5.74, 6) is 1.50. The number of nitrogens with one attached hydrogen (secondary N) is 1. The molecule has 2 saturated heterocycles. The molecule has 0 aromatic heterocycles. The third kappa shape index (κ3) is 7.31. The molecule has 0 spiro atoms. The Kier molecular flexibility index (Phi) is 8.84. The molecule has 2 heterocycles. The number of benzene rings is 2. The zero-order chi connectivity index (χ0) is 24.8. The molecule has 0 radical (unpaired) electrons. The van der Waals surface area contributed by atoms with E-state index in [0.717, 1.165) is 61.1 Å². The van der Waals surface area contributed by atoms with Gasteiger partial charge in [-0.25, -0.2) is 4.79 Å². The second kappa shape index (κ2) is 12.0. The predicted octanol–water partition coefficient (Wildman–Crippen LogP) is 5.39. The molecule has 1 N–H and O–H groups in total. The van der Waals surface area contributed by atoms with Gasteiger partial charge in [-0.05, 0) is 87.9 Å². The first-order chi connectivity index (χ1) is 16.9. The van der Waals surface area contributed by atoms with Crippen LogP contribution in [0.3, 0.4) is 0 Å². The van der Waals surface area contributed by atoms with Crippen molar-refractivity contribution in [3.63, 3.8) is 0 Å². The maximum absolute atomic E-state index is 12.6. The van der Waals surface area contributed by atoms with Crippen molar-refractivity contribution in [2.24, 2.45) is 5.92 Å². The highest BCUT2D eigenvalue weighted by atomic mass is 79.9. The van der Waals surface area contributed by atoms with E-state index in [0.29, 0.717) is 18.9 Å². The lowest BCUT2D eigenvalue weighted by Crippen LogP contribution is -2.54. The van der Waals surface area contributed by atoms with Gasteiger partial charge in [0.1, 0.15) is 5.75 Å². The molecule has 0 bridgehead atoms. The Balaban J connectivity index is 1.20. The van der Waals surface area contributed by atoms with E-state index in [2.05, 4.69) is 38.3 Å². The number of rotatable bonds is 9. The van der Waals surface area contributed by atoms with Crippen LogP contribution in [0.25, 0.3) is 0 Å². The fourth-order valence-corrected chi connectivity index (χ4v) is 5.36. The lowest BCUT2D eigenvalue weighted by molar-refractivity contribution is -0.130. The number of piperidine rings is 1. The number of hydrogen-bond donors (Lipinski definition) is 1. The molecule has 2 aromatic carbocycles. The van der Waals surface area contributed by atoms with Gasteiger partial charge >= 0.3 is 6.03 Å². The van der Waals surface area contributed by atoms with Gasteiger partial charge in [0, 0.05) is 23.5 Å². The third-order valence-electron chi connectivity index (χ3n) is 6.88. The van der Waals surface area contributed by atoms with Crippen LogP contribution < -0.4 is 10.1 Å². The molecule has 2 fully saturated rings. The average molecular weight is 543 g/mol. The van der Waals surface area contributed by atoms with Gasteiger partial charge in [0.05, 0.1) is 12.6 Å². The molecule has 4 rings (SSSR count). The Morgan fingerprint density at radius 2 is 1.83 bits per heavy atom. The quantitative estimate of drug-likeness (QED) is 0.462. The zero-order valence-electron chi connectivity index (χ0n) is 20.7. The Morgan fingerprint density at radius 3 is 2.51 bits per heavy atom. The van der Waals surface area contributed by atoms with Gasteiger partial charge in [-0.3, -0.25) is 9.69 Å². The van der Waals surface area contributed by atoms with Crippen LogP contribution in [0.1, 0.15) is 50.7 Å². The highest BCUT2D eigenvalue weighted by Crippen LogP contribution is 2.29. The van der Waals surface area contributed by atoms with E-state index in [1.807, 2.05) is 50.2 Å². The summed E-state index contributed by atoms with van der Waals surface area (Å²) in [4.78, 5) is 29.0. The van der Waals surface area contributed by atoms with Crippen molar-refractivity contribution in [3.8, 4) is 5.75 Å². The first kappa shape index (κ1) is 25.7. The number of urea groups is 1. The molecular formula is C28H36BrN3O3. The lowest BCUT2D eigenvalue weighted by atomic mass is 9.90. The minimum atomic E-state index is -0.275. The van der Waals surface area contributed by atoms with Crippen molar-refractivity contribution < 1.29 is 14.3 Å². The van der Waals surface area contributed by atoms with Crippen LogP contribution >= 0.6 is 15.9 Å². The topological polar surface area (TPSA) is 61.9 Å². The smallest absolute Gasteiger partial charge is 0.324 e. The largest absolute Gasteiger partial charge is 0.491 e. The number of ether oxygens (including phenoxy) is 1. The van der Waals surface area contributed by atoms with Crippen molar-refractivity contribution in [1.82, 2.24) is 15.1 Å². The molecule has 2 aliphatic heterocycles. The van der Waals surface area contributed by atoms with E-state index in [1.54, 1.807) is 0 Å². The summed E-state index contributed by atoms with van der Waals surface area (Å²) in [6.07, 6.45) is 4.71. The minimum Gasteiger partial charge on any atom is -0.491 e. The number of amides is 3. The van der Waals surface area contributed by atoms with E-state index in [-0.39, 0.29) is 24.1 Å². The Hall–Kier alpha value is -2.38. The molecule has 3 amide bonds. The van der Waals surface area contributed by atoms with E-state index >= 15 is 0 Å². The second-order valence-corrected chi connectivity index (χ2v) is 10.9. The SMILES string of the molecule is CC(C)Oc1ccc(Br)c(CC2CCN(CCC3CC(=O)N(Cc4ccccc4)C(=O)N3)CC2)c1. The lowest BCUT2D eigenvalue weighted by Gasteiger charge is -2.35. The number of imide groups is 1. The monoisotopic (exact) mass is 541 g/mol. The van der Waals surface area contributed by atoms with Crippen LogP contribution in [0.4, 0.5) is 4.79 Å². The molecule has 0 aliphatic carbocycles. The van der Waals surface area contributed by atoms with Crippen molar-refractivity contribution >= 4 is 27.9 Å². The number of carbonyl (C=O) groups is 2. The minimum absolute atomic E-state index is 0.0839. The highest BCUT2D eigenvalue weighted by Gasteiger charge is 2.32. The van der Waals surface area contributed by atoms with Crippen molar-refractivity contribution in [2.45, 2.75) is 64.6 Å². The standard InChI is InChI=1S/C28H36BrN3O3/c1-20(2)35-25-8-9-26(29)23(17-25)16-21-10-13-31(14-11-21)15-12-24-18-27(33)32(28(34)30-24)19-22-6-4-3-5-7-22/h3-9,17,20-21,24H,10-16,18-19H2,1-2H3,(H,30,34). The summed E-state index contributed by atoms with van der Waals surface area (Å²) in [5, 5.41) is 3.05. The molecule has 7 heteroatoms. The van der Waals surface area contributed by atoms with Crippen LogP contribution in [0, 0.1) is 5.92 Å². The van der Waals surface area contributed by atoms with Crippen molar-refractivity contribution in [3.05, 3.63) is 64.1 Å². The van der Waals surface area contributed by atoms with Crippen LogP contribution in [0.15, 0.2) is 53.0 Å². The second-order valence-electron chi connectivity index (χ2n) is 10.0. The maximum Gasteiger partial charge on any atom is 0.324 e. The molecule has 2 aliphatic rings. The van der Waals surface area contributed by atoms with E-state index < -0.39 is 0 Å². The third-order valence-corrected chi connectivity index (χ3v) is 7.65.